The topological polar surface area (TPSA) is 72.5 Å². The van der Waals surface area contributed by atoms with Gasteiger partial charge in [0.15, 0.2) is 0 Å². The van der Waals surface area contributed by atoms with Crippen molar-refractivity contribution in [2.75, 3.05) is 19.5 Å². The van der Waals surface area contributed by atoms with Gasteiger partial charge in [-0.15, -0.1) is 11.8 Å². The summed E-state index contributed by atoms with van der Waals surface area (Å²) in [5, 5.41) is 8.70. The number of carbonyl (C=O) groups is 1. The predicted molar refractivity (Wildman–Crippen MR) is 65.0 cm³/mol. The molecule has 1 rings (SSSR count). The fourth-order valence-electron chi connectivity index (χ4n) is 1.10. The van der Waals surface area contributed by atoms with Crippen LogP contribution in [0.1, 0.15) is 0 Å². The summed E-state index contributed by atoms with van der Waals surface area (Å²) in [5.74, 6) is -0.953. The van der Waals surface area contributed by atoms with Crippen LogP contribution in [0.15, 0.2) is 23.1 Å². The van der Waals surface area contributed by atoms with Crippen molar-refractivity contribution in [3.05, 3.63) is 23.2 Å². The van der Waals surface area contributed by atoms with Crippen LogP contribution in [-0.4, -0.2) is 30.0 Å². The molecule has 0 saturated heterocycles. The van der Waals surface area contributed by atoms with E-state index < -0.39 is 11.2 Å². The number of carboxylic acid groups (broad SMARTS) is 1. The van der Waals surface area contributed by atoms with E-state index in [1.807, 2.05) is 0 Å². The molecule has 0 aliphatic heterocycles. The van der Waals surface area contributed by atoms with E-state index in [0.29, 0.717) is 15.6 Å². The predicted octanol–water partition coefficient (Wildman–Crippen LogP) is 2.11. The fraction of sp³-hybridized carbons (Fsp3) is 0.300. The summed E-state index contributed by atoms with van der Waals surface area (Å²) in [5.41, 5.74) is 6.20. The number of anilines is 1. The molecule has 1 aromatic rings. The van der Waals surface area contributed by atoms with Gasteiger partial charge in [-0.25, -0.2) is 0 Å². The number of hydrogen-bond donors (Lipinski definition) is 2. The minimum atomic E-state index is -0.953. The highest BCUT2D eigenvalue weighted by Crippen LogP contribution is 2.35. The quantitative estimate of drug-likeness (QED) is 0.627. The second kappa shape index (κ2) is 5.98. The maximum atomic E-state index is 10.9. The van der Waals surface area contributed by atoms with Crippen molar-refractivity contribution in [3.63, 3.8) is 0 Å². The number of methoxy groups -OCH3 is 1. The first-order valence-electron chi connectivity index (χ1n) is 4.48. The first-order chi connectivity index (χ1) is 7.56. The van der Waals surface area contributed by atoms with Gasteiger partial charge in [0.2, 0.25) is 0 Å². The molecule has 6 heteroatoms. The van der Waals surface area contributed by atoms with Crippen LogP contribution in [-0.2, 0) is 9.53 Å². The molecule has 1 aromatic carbocycles. The standard InChI is InChI=1S/C10H12ClNO3S/c1-15-5-8(10(13)14)16-9-6(11)3-2-4-7(9)12/h2-4,8H,5,12H2,1H3,(H,13,14). The van der Waals surface area contributed by atoms with Gasteiger partial charge in [0, 0.05) is 17.7 Å². The summed E-state index contributed by atoms with van der Waals surface area (Å²) in [6.07, 6.45) is 0. The number of thioether (sulfide) groups is 1. The van der Waals surface area contributed by atoms with E-state index in [9.17, 15) is 4.79 Å². The van der Waals surface area contributed by atoms with Crippen molar-refractivity contribution in [2.45, 2.75) is 10.1 Å². The number of ether oxygens (including phenoxy) is 1. The summed E-state index contributed by atoms with van der Waals surface area (Å²) in [4.78, 5) is 11.5. The lowest BCUT2D eigenvalue weighted by Gasteiger charge is -2.13. The Morgan fingerprint density at radius 3 is 2.88 bits per heavy atom. The van der Waals surface area contributed by atoms with Gasteiger partial charge in [0.25, 0.3) is 0 Å². The van der Waals surface area contributed by atoms with Gasteiger partial charge < -0.3 is 15.6 Å². The van der Waals surface area contributed by atoms with E-state index in [1.165, 1.54) is 7.11 Å². The third-order valence-electron chi connectivity index (χ3n) is 1.85. The minimum absolute atomic E-state index is 0.102. The van der Waals surface area contributed by atoms with Gasteiger partial charge in [-0.05, 0) is 12.1 Å². The molecule has 0 amide bonds. The van der Waals surface area contributed by atoms with Crippen molar-refractivity contribution in [1.82, 2.24) is 0 Å². The van der Waals surface area contributed by atoms with Crippen molar-refractivity contribution in [2.24, 2.45) is 0 Å². The smallest absolute Gasteiger partial charge is 0.319 e. The van der Waals surface area contributed by atoms with Crippen LogP contribution in [0, 0.1) is 0 Å². The molecule has 3 N–H and O–H groups in total. The minimum Gasteiger partial charge on any atom is -0.480 e. The number of nitrogens with two attached hydrogens (primary N) is 1. The summed E-state index contributed by atoms with van der Waals surface area (Å²) in [7, 11) is 1.45. The number of hydrogen-bond acceptors (Lipinski definition) is 4. The highest BCUT2D eigenvalue weighted by atomic mass is 35.5. The van der Waals surface area contributed by atoms with Gasteiger partial charge in [0.05, 0.1) is 11.6 Å². The van der Waals surface area contributed by atoms with Crippen molar-refractivity contribution >= 4 is 35.0 Å². The molecule has 4 nitrogen and oxygen atoms in total. The fourth-order valence-corrected chi connectivity index (χ4v) is 2.39. The molecule has 16 heavy (non-hydrogen) atoms. The van der Waals surface area contributed by atoms with E-state index in [2.05, 4.69) is 0 Å². The Bertz CT molecular complexity index is 366. The van der Waals surface area contributed by atoms with E-state index >= 15 is 0 Å². The number of halogens is 1. The molecule has 0 spiro atoms. The zero-order valence-corrected chi connectivity index (χ0v) is 10.2. The average molecular weight is 262 g/mol. The lowest BCUT2D eigenvalue weighted by atomic mass is 10.3. The maximum Gasteiger partial charge on any atom is 0.319 e. The summed E-state index contributed by atoms with van der Waals surface area (Å²) < 4.78 is 4.83. The number of benzene rings is 1. The molecule has 0 radical (unpaired) electrons. The van der Waals surface area contributed by atoms with Crippen LogP contribution >= 0.6 is 23.4 Å². The van der Waals surface area contributed by atoms with Crippen LogP contribution in [0.3, 0.4) is 0 Å². The highest BCUT2D eigenvalue weighted by molar-refractivity contribution is 8.00. The number of nitrogen functional groups attached to an aromatic ring is 1. The lowest BCUT2D eigenvalue weighted by molar-refractivity contribution is -0.137. The molecular weight excluding hydrogens is 250 g/mol. The van der Waals surface area contributed by atoms with Crippen LogP contribution in [0.4, 0.5) is 5.69 Å². The Morgan fingerprint density at radius 1 is 1.69 bits per heavy atom. The zero-order valence-electron chi connectivity index (χ0n) is 8.64. The average Bonchev–Trinajstić information content (AvgIpc) is 2.21. The van der Waals surface area contributed by atoms with E-state index in [0.717, 1.165) is 11.8 Å². The SMILES string of the molecule is COCC(Sc1c(N)cccc1Cl)C(=O)O. The largest absolute Gasteiger partial charge is 0.480 e. The van der Waals surface area contributed by atoms with Gasteiger partial charge >= 0.3 is 5.97 Å². The Kier molecular flexibility index (Phi) is 4.92. The normalized spacial score (nSPS) is 12.4. The van der Waals surface area contributed by atoms with E-state index in [1.54, 1.807) is 18.2 Å². The Hall–Kier alpha value is -0.910. The van der Waals surface area contributed by atoms with Gasteiger partial charge in [0.1, 0.15) is 5.25 Å². The van der Waals surface area contributed by atoms with Crippen molar-refractivity contribution < 1.29 is 14.6 Å². The molecule has 0 aliphatic rings. The molecule has 1 atom stereocenters. The van der Waals surface area contributed by atoms with E-state index in [4.69, 9.17) is 27.2 Å². The number of rotatable bonds is 5. The van der Waals surface area contributed by atoms with Gasteiger partial charge in [-0.2, -0.15) is 0 Å². The molecular formula is C10H12ClNO3S. The van der Waals surface area contributed by atoms with Crippen molar-refractivity contribution in [3.8, 4) is 0 Å². The molecule has 0 aliphatic carbocycles. The second-order valence-electron chi connectivity index (χ2n) is 3.06. The summed E-state index contributed by atoms with van der Waals surface area (Å²) in [6.45, 7) is 0.102. The van der Waals surface area contributed by atoms with Gasteiger partial charge in [-0.1, -0.05) is 17.7 Å². The zero-order chi connectivity index (χ0) is 12.1. The molecule has 0 saturated carbocycles. The highest BCUT2D eigenvalue weighted by Gasteiger charge is 2.21. The first-order valence-corrected chi connectivity index (χ1v) is 5.74. The first kappa shape index (κ1) is 13.2. The molecule has 0 bridgehead atoms. The van der Waals surface area contributed by atoms with Gasteiger partial charge in [-0.3, -0.25) is 4.79 Å². The van der Waals surface area contributed by atoms with Crippen molar-refractivity contribution in [1.29, 1.82) is 0 Å². The molecule has 1 unspecified atom stereocenters. The summed E-state index contributed by atoms with van der Waals surface area (Å²) >= 11 is 7.04. The van der Waals surface area contributed by atoms with Crippen LogP contribution in [0.2, 0.25) is 5.02 Å². The van der Waals surface area contributed by atoms with Crippen LogP contribution in [0.5, 0.6) is 0 Å². The van der Waals surface area contributed by atoms with E-state index in [-0.39, 0.29) is 6.61 Å². The molecule has 0 heterocycles. The Morgan fingerprint density at radius 2 is 2.38 bits per heavy atom. The third-order valence-corrected chi connectivity index (χ3v) is 3.59. The van der Waals surface area contributed by atoms with Crippen LogP contribution in [0.25, 0.3) is 0 Å². The van der Waals surface area contributed by atoms with Crippen LogP contribution < -0.4 is 5.73 Å². The molecule has 0 aromatic heterocycles. The Labute approximate surface area is 103 Å². The lowest BCUT2D eigenvalue weighted by Crippen LogP contribution is -2.21. The molecule has 88 valence electrons. The Balaban J connectivity index is 2.89. The third kappa shape index (κ3) is 3.30. The number of aliphatic carboxylic acids is 1. The second-order valence-corrected chi connectivity index (χ2v) is 4.68. The summed E-state index contributed by atoms with van der Waals surface area (Å²) in [6, 6.07) is 5.07. The monoisotopic (exact) mass is 261 g/mol. The molecule has 0 fully saturated rings. The maximum absolute atomic E-state index is 10.9. The number of carboxylic acids is 1.